The van der Waals surface area contributed by atoms with Crippen molar-refractivity contribution in [3.05, 3.63) is 65.6 Å². The van der Waals surface area contributed by atoms with Crippen LogP contribution in [0.3, 0.4) is 0 Å². The van der Waals surface area contributed by atoms with E-state index < -0.39 is 0 Å². The van der Waals surface area contributed by atoms with Gasteiger partial charge in [0.05, 0.1) is 17.3 Å². The SMILES string of the molecule is CNC(Cc1ccc(F)cc1)c1nn(C)c2ccccc12. The molecule has 1 heterocycles. The minimum absolute atomic E-state index is 0.0987. The summed E-state index contributed by atoms with van der Waals surface area (Å²) in [7, 11) is 3.88. The monoisotopic (exact) mass is 283 g/mol. The molecule has 3 aromatic rings. The number of fused-ring (bicyclic) bond motifs is 1. The Balaban J connectivity index is 1.96. The number of hydrogen-bond acceptors (Lipinski definition) is 2. The quantitative estimate of drug-likeness (QED) is 0.797. The molecule has 0 fully saturated rings. The predicted octanol–water partition coefficient (Wildman–Crippen LogP) is 3.22. The lowest BCUT2D eigenvalue weighted by Crippen LogP contribution is -2.19. The van der Waals surface area contributed by atoms with Gasteiger partial charge in [-0.2, -0.15) is 5.10 Å². The molecule has 0 aliphatic heterocycles. The second-order valence-corrected chi connectivity index (χ2v) is 5.20. The van der Waals surface area contributed by atoms with Gasteiger partial charge in [-0.3, -0.25) is 4.68 Å². The topological polar surface area (TPSA) is 29.9 Å². The average molecular weight is 283 g/mol. The Labute approximate surface area is 123 Å². The molecule has 0 saturated carbocycles. The van der Waals surface area contributed by atoms with Gasteiger partial charge in [0.2, 0.25) is 0 Å². The highest BCUT2D eigenvalue weighted by Crippen LogP contribution is 2.25. The zero-order chi connectivity index (χ0) is 14.8. The number of benzene rings is 2. The molecule has 3 nitrogen and oxygen atoms in total. The Morgan fingerprint density at radius 2 is 1.86 bits per heavy atom. The number of nitrogens with zero attached hydrogens (tertiary/aromatic N) is 2. The van der Waals surface area contributed by atoms with Crippen LogP contribution in [0.2, 0.25) is 0 Å². The lowest BCUT2D eigenvalue weighted by molar-refractivity contribution is 0.565. The van der Waals surface area contributed by atoms with Crippen LogP contribution < -0.4 is 5.32 Å². The Kier molecular flexibility index (Phi) is 3.71. The molecule has 4 heteroatoms. The Bertz CT molecular complexity index is 746. The summed E-state index contributed by atoms with van der Waals surface area (Å²) in [4.78, 5) is 0. The van der Waals surface area contributed by atoms with Crippen LogP contribution in [0.25, 0.3) is 10.9 Å². The smallest absolute Gasteiger partial charge is 0.123 e. The first kappa shape index (κ1) is 13.8. The molecule has 0 spiro atoms. The summed E-state index contributed by atoms with van der Waals surface area (Å²) in [6.45, 7) is 0. The summed E-state index contributed by atoms with van der Waals surface area (Å²) in [5.41, 5.74) is 3.23. The number of para-hydroxylation sites is 1. The molecular weight excluding hydrogens is 265 g/mol. The maximum atomic E-state index is 13.0. The van der Waals surface area contributed by atoms with Gasteiger partial charge in [0.25, 0.3) is 0 Å². The first-order chi connectivity index (χ1) is 10.2. The van der Waals surface area contributed by atoms with Gasteiger partial charge in [-0.05, 0) is 37.2 Å². The lowest BCUT2D eigenvalue weighted by Gasteiger charge is -2.14. The highest BCUT2D eigenvalue weighted by atomic mass is 19.1. The van der Waals surface area contributed by atoms with Gasteiger partial charge in [0, 0.05) is 12.4 Å². The molecule has 0 bridgehead atoms. The van der Waals surface area contributed by atoms with Crippen molar-refractivity contribution in [2.75, 3.05) is 7.05 Å². The van der Waals surface area contributed by atoms with Crippen LogP contribution in [0.4, 0.5) is 4.39 Å². The van der Waals surface area contributed by atoms with E-state index in [9.17, 15) is 4.39 Å². The Morgan fingerprint density at radius 1 is 1.14 bits per heavy atom. The summed E-state index contributed by atoms with van der Waals surface area (Å²) in [5.74, 6) is -0.206. The molecule has 0 saturated heterocycles. The third-order valence-corrected chi connectivity index (χ3v) is 3.82. The van der Waals surface area contributed by atoms with Crippen molar-refractivity contribution < 1.29 is 4.39 Å². The van der Waals surface area contributed by atoms with Gasteiger partial charge in [0.15, 0.2) is 0 Å². The van der Waals surface area contributed by atoms with E-state index in [1.165, 1.54) is 12.1 Å². The van der Waals surface area contributed by atoms with Crippen LogP contribution in [0.1, 0.15) is 17.3 Å². The number of halogens is 1. The molecule has 1 N–H and O–H groups in total. The number of aryl methyl sites for hydroxylation is 1. The molecule has 0 amide bonds. The molecular formula is C17H18FN3. The van der Waals surface area contributed by atoms with Crippen LogP contribution in [0.15, 0.2) is 48.5 Å². The van der Waals surface area contributed by atoms with E-state index in [-0.39, 0.29) is 11.9 Å². The normalized spacial score (nSPS) is 12.7. The Morgan fingerprint density at radius 3 is 2.57 bits per heavy atom. The molecule has 0 aliphatic rings. The largest absolute Gasteiger partial charge is 0.311 e. The van der Waals surface area contributed by atoms with E-state index in [1.54, 1.807) is 0 Å². The summed E-state index contributed by atoms with van der Waals surface area (Å²) in [6, 6.07) is 14.9. The van der Waals surface area contributed by atoms with Gasteiger partial charge >= 0.3 is 0 Å². The van der Waals surface area contributed by atoms with Crippen molar-refractivity contribution in [3.63, 3.8) is 0 Å². The third-order valence-electron chi connectivity index (χ3n) is 3.82. The van der Waals surface area contributed by atoms with E-state index in [2.05, 4.69) is 22.5 Å². The molecule has 0 aliphatic carbocycles. The van der Waals surface area contributed by atoms with Gasteiger partial charge in [-0.25, -0.2) is 4.39 Å². The zero-order valence-corrected chi connectivity index (χ0v) is 12.2. The van der Waals surface area contributed by atoms with Gasteiger partial charge in [-0.15, -0.1) is 0 Å². The fourth-order valence-corrected chi connectivity index (χ4v) is 2.69. The van der Waals surface area contributed by atoms with Crippen molar-refractivity contribution in [3.8, 4) is 0 Å². The predicted molar refractivity (Wildman–Crippen MR) is 82.6 cm³/mol. The molecule has 1 aromatic heterocycles. The fourth-order valence-electron chi connectivity index (χ4n) is 2.69. The second kappa shape index (κ2) is 5.66. The number of hydrogen-bond donors (Lipinski definition) is 1. The maximum Gasteiger partial charge on any atom is 0.123 e. The van der Waals surface area contributed by atoms with Crippen molar-refractivity contribution in [2.45, 2.75) is 12.5 Å². The maximum absolute atomic E-state index is 13.0. The zero-order valence-electron chi connectivity index (χ0n) is 12.2. The van der Waals surface area contributed by atoms with Crippen LogP contribution in [-0.2, 0) is 13.5 Å². The minimum atomic E-state index is -0.206. The van der Waals surface area contributed by atoms with Crippen molar-refractivity contribution in [2.24, 2.45) is 7.05 Å². The number of aromatic nitrogens is 2. The number of rotatable bonds is 4. The van der Waals surface area contributed by atoms with Crippen LogP contribution in [0, 0.1) is 5.82 Å². The molecule has 21 heavy (non-hydrogen) atoms. The van der Waals surface area contributed by atoms with E-state index in [1.807, 2.05) is 43.0 Å². The number of nitrogens with one attached hydrogen (secondary N) is 1. The molecule has 1 atom stereocenters. The molecule has 3 rings (SSSR count). The van der Waals surface area contributed by atoms with Crippen LogP contribution in [0.5, 0.6) is 0 Å². The fraction of sp³-hybridized carbons (Fsp3) is 0.235. The van der Waals surface area contributed by atoms with E-state index >= 15 is 0 Å². The van der Waals surface area contributed by atoms with E-state index in [4.69, 9.17) is 0 Å². The van der Waals surface area contributed by atoms with Crippen LogP contribution >= 0.6 is 0 Å². The summed E-state index contributed by atoms with van der Waals surface area (Å²) in [6.07, 6.45) is 0.776. The van der Waals surface area contributed by atoms with Gasteiger partial charge in [0.1, 0.15) is 5.82 Å². The summed E-state index contributed by atoms with van der Waals surface area (Å²) < 4.78 is 14.9. The van der Waals surface area contributed by atoms with Gasteiger partial charge in [-0.1, -0.05) is 30.3 Å². The first-order valence-electron chi connectivity index (χ1n) is 7.02. The van der Waals surface area contributed by atoms with E-state index in [0.29, 0.717) is 0 Å². The average Bonchev–Trinajstić information content (AvgIpc) is 2.84. The van der Waals surface area contributed by atoms with Crippen LogP contribution in [-0.4, -0.2) is 16.8 Å². The molecule has 2 aromatic carbocycles. The summed E-state index contributed by atoms with van der Waals surface area (Å²) >= 11 is 0. The van der Waals surface area contributed by atoms with Crippen molar-refractivity contribution in [1.82, 2.24) is 15.1 Å². The second-order valence-electron chi connectivity index (χ2n) is 5.20. The third kappa shape index (κ3) is 2.67. The minimum Gasteiger partial charge on any atom is -0.311 e. The Hall–Kier alpha value is -2.20. The van der Waals surface area contributed by atoms with Crippen molar-refractivity contribution in [1.29, 1.82) is 0 Å². The molecule has 0 radical (unpaired) electrons. The van der Waals surface area contributed by atoms with E-state index in [0.717, 1.165) is 28.6 Å². The first-order valence-corrected chi connectivity index (χ1v) is 7.02. The lowest BCUT2D eigenvalue weighted by atomic mass is 10.0. The molecule has 108 valence electrons. The number of likely N-dealkylation sites (N-methyl/N-ethyl adjacent to an activating group) is 1. The highest BCUT2D eigenvalue weighted by Gasteiger charge is 2.17. The summed E-state index contributed by atoms with van der Waals surface area (Å²) in [5, 5.41) is 9.13. The highest BCUT2D eigenvalue weighted by molar-refractivity contribution is 5.82. The van der Waals surface area contributed by atoms with Gasteiger partial charge < -0.3 is 5.32 Å². The standard InChI is InChI=1S/C17H18FN3/c1-19-15(11-12-7-9-13(18)10-8-12)17-14-5-3-4-6-16(14)21(2)20-17/h3-10,15,19H,11H2,1-2H3. The van der Waals surface area contributed by atoms with Crippen molar-refractivity contribution >= 4 is 10.9 Å². The molecule has 1 unspecified atom stereocenters.